The molecule has 0 unspecified atom stereocenters. The number of hydrogen-bond acceptors (Lipinski definition) is 6. The molecule has 1 amide bonds. The van der Waals surface area contributed by atoms with Crippen LogP contribution in [0.1, 0.15) is 17.0 Å². The van der Waals surface area contributed by atoms with E-state index in [2.05, 4.69) is 15.0 Å². The average Bonchev–Trinajstić information content (AvgIpc) is 3.20. The summed E-state index contributed by atoms with van der Waals surface area (Å²) in [7, 11) is 3.12. The lowest BCUT2D eigenvalue weighted by Crippen LogP contribution is -2.32. The normalized spacial score (nSPS) is 14.5. The van der Waals surface area contributed by atoms with Gasteiger partial charge in [-0.3, -0.25) is 14.5 Å². The minimum absolute atomic E-state index is 0.257. The molecule has 0 aliphatic carbocycles. The highest BCUT2D eigenvalue weighted by Crippen LogP contribution is 2.32. The van der Waals surface area contributed by atoms with Crippen LogP contribution in [-0.2, 0) is 4.79 Å². The Morgan fingerprint density at radius 3 is 2.43 bits per heavy atom. The molecule has 0 saturated carbocycles. The number of anilines is 1. The minimum atomic E-state index is -0.311. The summed E-state index contributed by atoms with van der Waals surface area (Å²) in [4.78, 5) is 39.5. The van der Waals surface area contributed by atoms with Crippen LogP contribution in [0.2, 0.25) is 0 Å². The van der Waals surface area contributed by atoms with Gasteiger partial charge in [0.05, 0.1) is 30.8 Å². The van der Waals surface area contributed by atoms with Crippen molar-refractivity contribution in [2.24, 2.45) is 4.99 Å². The highest BCUT2D eigenvalue weighted by molar-refractivity contribution is 6.33. The van der Waals surface area contributed by atoms with E-state index in [4.69, 9.17) is 9.47 Å². The van der Waals surface area contributed by atoms with Crippen molar-refractivity contribution < 1.29 is 14.3 Å². The number of aromatic nitrogens is 2. The lowest BCUT2D eigenvalue weighted by Gasteiger charge is -2.19. The molecule has 0 saturated heterocycles. The summed E-state index contributed by atoms with van der Waals surface area (Å²) in [6.07, 6.45) is 1.70. The summed E-state index contributed by atoms with van der Waals surface area (Å²) in [5.41, 5.74) is 2.58. The predicted molar refractivity (Wildman–Crippen MR) is 135 cm³/mol. The van der Waals surface area contributed by atoms with E-state index in [1.54, 1.807) is 57.6 Å². The summed E-state index contributed by atoms with van der Waals surface area (Å²) in [5, 5.41) is 0.394. The van der Waals surface area contributed by atoms with Crippen LogP contribution >= 0.6 is 0 Å². The third-order valence-corrected chi connectivity index (χ3v) is 5.67. The Balaban J connectivity index is 1.64. The lowest BCUT2D eigenvalue weighted by molar-refractivity contribution is -0.113. The van der Waals surface area contributed by atoms with E-state index in [0.717, 1.165) is 11.1 Å². The highest BCUT2D eigenvalue weighted by atomic mass is 16.5. The molecule has 0 atom stereocenters. The molecule has 0 radical (unpaired) electrons. The number of H-pyrrole nitrogens is 1. The number of ether oxygens (including phenoxy) is 2. The van der Waals surface area contributed by atoms with Crippen LogP contribution < -0.4 is 19.9 Å². The third-order valence-electron chi connectivity index (χ3n) is 5.67. The Morgan fingerprint density at radius 1 is 0.914 bits per heavy atom. The van der Waals surface area contributed by atoms with E-state index < -0.39 is 0 Å². The van der Waals surface area contributed by atoms with Crippen molar-refractivity contribution in [1.29, 1.82) is 0 Å². The monoisotopic (exact) mass is 466 g/mol. The fourth-order valence-corrected chi connectivity index (χ4v) is 4.02. The van der Waals surface area contributed by atoms with Gasteiger partial charge >= 0.3 is 0 Å². The van der Waals surface area contributed by atoms with Crippen LogP contribution in [0.25, 0.3) is 17.0 Å². The second-order valence-electron chi connectivity index (χ2n) is 7.94. The number of amides is 1. The van der Waals surface area contributed by atoms with Crippen LogP contribution in [0.15, 0.2) is 82.2 Å². The van der Waals surface area contributed by atoms with Crippen LogP contribution in [0.5, 0.6) is 11.5 Å². The fraction of sp³-hybridized carbons (Fsp3) is 0.111. The largest absolute Gasteiger partial charge is 0.493 e. The van der Waals surface area contributed by atoms with Crippen LogP contribution in [-0.4, -0.2) is 35.9 Å². The molecule has 3 aromatic carbocycles. The molecule has 8 heteroatoms. The Hall–Kier alpha value is -4.72. The number of benzene rings is 3. The van der Waals surface area contributed by atoms with Crippen LogP contribution in [0.3, 0.4) is 0 Å². The first-order chi connectivity index (χ1) is 17.0. The predicted octanol–water partition coefficient (Wildman–Crippen LogP) is 4.08. The second-order valence-corrected chi connectivity index (χ2v) is 7.94. The topological polar surface area (TPSA) is 96.9 Å². The fourth-order valence-electron chi connectivity index (χ4n) is 4.02. The first kappa shape index (κ1) is 22.1. The number of methoxy groups -OCH3 is 2. The number of fused-ring (bicyclic) bond motifs is 1. The molecule has 1 aliphatic heterocycles. The van der Waals surface area contributed by atoms with Crippen LogP contribution in [0.4, 0.5) is 5.69 Å². The number of carbonyl (C=O) groups excluding carboxylic acids is 1. The molecule has 0 spiro atoms. The Bertz CT molecular complexity index is 1570. The molecule has 1 aromatic heterocycles. The lowest BCUT2D eigenvalue weighted by atomic mass is 10.1. The van der Waals surface area contributed by atoms with Gasteiger partial charge in [-0.2, -0.15) is 0 Å². The van der Waals surface area contributed by atoms with E-state index in [1.165, 1.54) is 4.90 Å². The number of rotatable bonds is 5. The molecular weight excluding hydrogens is 444 g/mol. The number of aliphatic imine (C=N–C) groups is 1. The zero-order chi connectivity index (χ0) is 24.5. The van der Waals surface area contributed by atoms with Crippen molar-refractivity contribution in [3.05, 3.63) is 99.7 Å². The van der Waals surface area contributed by atoms with E-state index in [9.17, 15) is 9.59 Å². The van der Waals surface area contributed by atoms with E-state index in [-0.39, 0.29) is 17.2 Å². The molecule has 174 valence electrons. The number of hydrogen-bond donors (Lipinski definition) is 1. The molecule has 0 bridgehead atoms. The molecule has 2 heterocycles. The Kier molecular flexibility index (Phi) is 5.62. The highest BCUT2D eigenvalue weighted by Gasteiger charge is 2.32. The molecule has 1 N–H and O–H groups in total. The van der Waals surface area contributed by atoms with E-state index in [0.29, 0.717) is 39.7 Å². The molecule has 1 aliphatic rings. The van der Waals surface area contributed by atoms with E-state index in [1.807, 2.05) is 36.4 Å². The van der Waals surface area contributed by atoms with Crippen molar-refractivity contribution in [3.8, 4) is 11.5 Å². The van der Waals surface area contributed by atoms with Crippen molar-refractivity contribution in [2.75, 3.05) is 19.1 Å². The molecule has 4 aromatic rings. The van der Waals surface area contributed by atoms with Gasteiger partial charge in [-0.05, 0) is 48.9 Å². The quantitative estimate of drug-likeness (QED) is 0.447. The number of aromatic amines is 1. The van der Waals surface area contributed by atoms with Gasteiger partial charge < -0.3 is 14.5 Å². The summed E-state index contributed by atoms with van der Waals surface area (Å²) < 4.78 is 10.7. The summed E-state index contributed by atoms with van der Waals surface area (Å²) in [6.45, 7) is 1.73. The zero-order valence-electron chi connectivity index (χ0n) is 19.4. The number of carbonyl (C=O) groups is 1. The van der Waals surface area contributed by atoms with Crippen molar-refractivity contribution >= 4 is 34.4 Å². The average molecular weight is 466 g/mol. The van der Waals surface area contributed by atoms with Gasteiger partial charge in [0, 0.05) is 5.56 Å². The Morgan fingerprint density at radius 2 is 1.69 bits per heavy atom. The van der Waals surface area contributed by atoms with Gasteiger partial charge in [0.25, 0.3) is 11.5 Å². The van der Waals surface area contributed by atoms with Gasteiger partial charge in [-0.15, -0.1) is 0 Å². The van der Waals surface area contributed by atoms with Gasteiger partial charge in [0.2, 0.25) is 0 Å². The van der Waals surface area contributed by atoms with Crippen molar-refractivity contribution in [1.82, 2.24) is 9.97 Å². The maximum atomic E-state index is 13.6. The first-order valence-electron chi connectivity index (χ1n) is 10.9. The smallest absolute Gasteiger partial charge is 0.282 e. The number of aryl methyl sites for hydroxylation is 1. The molecule has 5 rings (SSSR count). The summed E-state index contributed by atoms with van der Waals surface area (Å²) in [5.74, 6) is 1.83. The first-order valence-corrected chi connectivity index (χ1v) is 10.9. The molecular formula is C27H22N4O4. The minimum Gasteiger partial charge on any atom is -0.493 e. The standard InChI is InChI=1S/C27H22N4O4/c1-16-28-21-11-10-19(15-20(21)26(32)29-16)31-25(18-7-5-4-6-8-18)30-22(27(31)33)13-17-9-12-23(34-2)24(14-17)35-3/h4-15H,1-3H3,(H,28,29,32)/b22-13+. The summed E-state index contributed by atoms with van der Waals surface area (Å²) in [6, 6.07) is 20.0. The Labute approximate surface area is 201 Å². The van der Waals surface area contributed by atoms with Gasteiger partial charge in [0.15, 0.2) is 11.5 Å². The van der Waals surface area contributed by atoms with Gasteiger partial charge in [-0.25, -0.2) is 9.98 Å². The number of amidine groups is 1. The third kappa shape index (κ3) is 4.06. The second kappa shape index (κ2) is 8.90. The maximum Gasteiger partial charge on any atom is 0.282 e. The van der Waals surface area contributed by atoms with Crippen molar-refractivity contribution in [2.45, 2.75) is 6.92 Å². The SMILES string of the molecule is COc1ccc(/C=C2/N=C(c3ccccc3)N(c3ccc4nc(C)[nH]c(=O)c4c3)C2=O)cc1OC. The van der Waals surface area contributed by atoms with Gasteiger partial charge in [-0.1, -0.05) is 36.4 Å². The van der Waals surface area contributed by atoms with Gasteiger partial charge in [0.1, 0.15) is 17.4 Å². The molecule has 35 heavy (non-hydrogen) atoms. The number of nitrogens with zero attached hydrogens (tertiary/aromatic N) is 3. The number of nitrogens with one attached hydrogen (secondary N) is 1. The molecule has 0 fully saturated rings. The van der Waals surface area contributed by atoms with Crippen LogP contribution in [0, 0.1) is 6.92 Å². The van der Waals surface area contributed by atoms with Crippen molar-refractivity contribution in [3.63, 3.8) is 0 Å². The summed E-state index contributed by atoms with van der Waals surface area (Å²) >= 11 is 0. The zero-order valence-corrected chi connectivity index (χ0v) is 19.4. The van der Waals surface area contributed by atoms with E-state index >= 15 is 0 Å². The maximum absolute atomic E-state index is 13.6. The molecule has 8 nitrogen and oxygen atoms in total.